The van der Waals surface area contributed by atoms with Crippen molar-refractivity contribution >= 4 is 0 Å². The van der Waals surface area contributed by atoms with Gasteiger partial charge < -0.3 is 15.2 Å². The highest BCUT2D eigenvalue weighted by atomic mass is 16.3. The molecule has 0 atom stereocenters. The Balaban J connectivity index is 2.85. The van der Waals surface area contributed by atoms with Gasteiger partial charge in [-0.25, -0.2) is 0 Å². The van der Waals surface area contributed by atoms with Crippen LogP contribution in [0.2, 0.25) is 0 Å². The molecule has 3 nitrogen and oxygen atoms in total. The molecule has 0 saturated heterocycles. The maximum Gasteiger partial charge on any atom is 0.0834 e. The van der Waals surface area contributed by atoms with Crippen molar-refractivity contribution in [2.24, 2.45) is 0 Å². The highest BCUT2D eigenvalue weighted by Crippen LogP contribution is 2.04. The van der Waals surface area contributed by atoms with Crippen LogP contribution in [-0.4, -0.2) is 15.2 Å². The summed E-state index contributed by atoms with van der Waals surface area (Å²) < 4.78 is 0. The van der Waals surface area contributed by atoms with Gasteiger partial charge in [0, 0.05) is 17.5 Å². The Bertz CT molecular complexity index is 164. The van der Waals surface area contributed by atoms with E-state index in [0.717, 1.165) is 5.56 Å². The number of H-pyrrole nitrogens is 1. The van der Waals surface area contributed by atoms with Crippen LogP contribution in [0.4, 0.5) is 0 Å². The molecule has 0 bridgehead atoms. The smallest absolute Gasteiger partial charge is 0.0834 e. The standard InChI is InChI=1S/C6H9NO2/c8-3-5-1-2-7-6(5)4-9/h1-2,7-9H,3-4H2. The van der Waals surface area contributed by atoms with Crippen LogP contribution in [0, 0.1) is 0 Å². The van der Waals surface area contributed by atoms with Gasteiger partial charge in [0.25, 0.3) is 0 Å². The third-order valence-corrected chi connectivity index (χ3v) is 1.26. The van der Waals surface area contributed by atoms with Crippen LogP contribution in [-0.2, 0) is 13.2 Å². The highest BCUT2D eigenvalue weighted by molar-refractivity contribution is 5.18. The summed E-state index contributed by atoms with van der Waals surface area (Å²) in [6.07, 6.45) is 1.69. The van der Waals surface area contributed by atoms with Crippen LogP contribution in [0.5, 0.6) is 0 Å². The summed E-state index contributed by atoms with van der Waals surface area (Å²) in [6, 6.07) is 1.74. The minimum absolute atomic E-state index is 0.0145. The molecule has 0 aliphatic carbocycles. The monoisotopic (exact) mass is 127 g/mol. The van der Waals surface area contributed by atoms with E-state index in [9.17, 15) is 0 Å². The third-order valence-electron chi connectivity index (χ3n) is 1.26. The summed E-state index contributed by atoms with van der Waals surface area (Å²) in [5, 5.41) is 17.2. The van der Waals surface area contributed by atoms with Crippen molar-refractivity contribution in [2.45, 2.75) is 13.2 Å². The van der Waals surface area contributed by atoms with E-state index >= 15 is 0 Å². The van der Waals surface area contributed by atoms with Crippen molar-refractivity contribution in [2.75, 3.05) is 0 Å². The van der Waals surface area contributed by atoms with Gasteiger partial charge in [-0.3, -0.25) is 0 Å². The van der Waals surface area contributed by atoms with Crippen LogP contribution in [0.1, 0.15) is 11.3 Å². The van der Waals surface area contributed by atoms with Gasteiger partial charge in [0.2, 0.25) is 0 Å². The van der Waals surface area contributed by atoms with E-state index in [4.69, 9.17) is 10.2 Å². The average molecular weight is 127 g/mol. The molecular formula is C6H9NO2. The molecule has 0 saturated carbocycles. The molecular weight excluding hydrogens is 118 g/mol. The van der Waals surface area contributed by atoms with Gasteiger partial charge in [-0.15, -0.1) is 0 Å². The van der Waals surface area contributed by atoms with Crippen LogP contribution >= 0.6 is 0 Å². The zero-order valence-electron chi connectivity index (χ0n) is 4.96. The molecule has 1 aromatic heterocycles. The average Bonchev–Trinajstić information content (AvgIpc) is 2.33. The quantitative estimate of drug-likeness (QED) is 0.523. The minimum Gasteiger partial charge on any atom is -0.392 e. The normalized spacial score (nSPS) is 10.0. The molecule has 9 heavy (non-hydrogen) atoms. The lowest BCUT2D eigenvalue weighted by Gasteiger charge is -1.93. The predicted octanol–water partition coefficient (Wildman–Crippen LogP) is -0.000700. The van der Waals surface area contributed by atoms with E-state index in [2.05, 4.69) is 4.98 Å². The van der Waals surface area contributed by atoms with Gasteiger partial charge in [-0.1, -0.05) is 0 Å². The Morgan fingerprint density at radius 3 is 2.56 bits per heavy atom. The summed E-state index contributed by atoms with van der Waals surface area (Å²) in [5.74, 6) is 0. The Morgan fingerprint density at radius 2 is 2.11 bits per heavy atom. The van der Waals surface area contributed by atoms with Crippen molar-refractivity contribution in [3.8, 4) is 0 Å². The molecule has 0 unspecified atom stereocenters. The lowest BCUT2D eigenvalue weighted by molar-refractivity contribution is 0.257. The largest absolute Gasteiger partial charge is 0.392 e. The van der Waals surface area contributed by atoms with E-state index in [1.165, 1.54) is 0 Å². The minimum atomic E-state index is -0.0388. The molecule has 1 rings (SSSR count). The Kier molecular flexibility index (Phi) is 1.87. The van der Waals surface area contributed by atoms with Gasteiger partial charge in [-0.05, 0) is 6.07 Å². The Hall–Kier alpha value is -0.800. The molecule has 0 radical (unpaired) electrons. The molecule has 0 fully saturated rings. The summed E-state index contributed by atoms with van der Waals surface area (Å²) >= 11 is 0. The molecule has 3 heteroatoms. The summed E-state index contributed by atoms with van der Waals surface area (Å²) in [6.45, 7) is -0.0533. The number of aliphatic hydroxyl groups excluding tert-OH is 2. The molecule has 50 valence electrons. The molecule has 0 amide bonds. The molecule has 3 N–H and O–H groups in total. The van der Waals surface area contributed by atoms with E-state index < -0.39 is 0 Å². The number of nitrogens with one attached hydrogen (secondary N) is 1. The topological polar surface area (TPSA) is 56.2 Å². The molecule has 0 aliphatic heterocycles. The second-order valence-corrected chi connectivity index (χ2v) is 1.80. The fourth-order valence-electron chi connectivity index (χ4n) is 0.731. The molecule has 0 aliphatic rings. The first-order valence-electron chi connectivity index (χ1n) is 2.75. The summed E-state index contributed by atoms with van der Waals surface area (Å²) in [5.41, 5.74) is 1.45. The van der Waals surface area contributed by atoms with E-state index in [-0.39, 0.29) is 13.2 Å². The SMILES string of the molecule is OCc1cc[nH]c1CO. The van der Waals surface area contributed by atoms with Crippen LogP contribution in [0.15, 0.2) is 12.3 Å². The van der Waals surface area contributed by atoms with Gasteiger partial charge >= 0.3 is 0 Å². The predicted molar refractivity (Wildman–Crippen MR) is 32.6 cm³/mol. The van der Waals surface area contributed by atoms with Gasteiger partial charge in [0.05, 0.1) is 13.2 Å². The summed E-state index contributed by atoms with van der Waals surface area (Å²) in [7, 11) is 0. The number of aromatic nitrogens is 1. The second kappa shape index (κ2) is 2.66. The molecule has 1 heterocycles. The van der Waals surface area contributed by atoms with Crippen molar-refractivity contribution in [3.63, 3.8) is 0 Å². The number of hydrogen-bond acceptors (Lipinski definition) is 2. The lowest BCUT2D eigenvalue weighted by Crippen LogP contribution is -1.89. The maximum absolute atomic E-state index is 8.61. The Morgan fingerprint density at radius 1 is 1.33 bits per heavy atom. The zero-order valence-corrected chi connectivity index (χ0v) is 4.96. The Labute approximate surface area is 53.0 Å². The summed E-state index contributed by atoms with van der Waals surface area (Å²) in [4.78, 5) is 2.80. The van der Waals surface area contributed by atoms with Gasteiger partial charge in [-0.2, -0.15) is 0 Å². The maximum atomic E-state index is 8.61. The number of hydrogen-bond donors (Lipinski definition) is 3. The first-order valence-corrected chi connectivity index (χ1v) is 2.75. The number of aliphatic hydroxyl groups is 2. The first-order chi connectivity index (χ1) is 4.38. The second-order valence-electron chi connectivity index (χ2n) is 1.80. The number of aromatic amines is 1. The molecule has 0 aromatic carbocycles. The molecule has 1 aromatic rings. The van der Waals surface area contributed by atoms with Crippen molar-refractivity contribution in [3.05, 3.63) is 23.5 Å². The fourth-order valence-corrected chi connectivity index (χ4v) is 0.731. The van der Waals surface area contributed by atoms with Crippen molar-refractivity contribution in [1.82, 2.24) is 4.98 Å². The lowest BCUT2D eigenvalue weighted by atomic mass is 10.3. The van der Waals surface area contributed by atoms with Crippen LogP contribution < -0.4 is 0 Å². The zero-order chi connectivity index (χ0) is 6.69. The van der Waals surface area contributed by atoms with E-state index in [1.807, 2.05) is 0 Å². The van der Waals surface area contributed by atoms with Gasteiger partial charge in [0.15, 0.2) is 0 Å². The van der Waals surface area contributed by atoms with Crippen LogP contribution in [0.3, 0.4) is 0 Å². The highest BCUT2D eigenvalue weighted by Gasteiger charge is 1.97. The van der Waals surface area contributed by atoms with Gasteiger partial charge in [0.1, 0.15) is 0 Å². The molecule has 0 spiro atoms. The van der Waals surface area contributed by atoms with Crippen molar-refractivity contribution in [1.29, 1.82) is 0 Å². The van der Waals surface area contributed by atoms with Crippen LogP contribution in [0.25, 0.3) is 0 Å². The van der Waals surface area contributed by atoms with E-state index in [0.29, 0.717) is 5.69 Å². The van der Waals surface area contributed by atoms with Crippen molar-refractivity contribution < 1.29 is 10.2 Å². The fraction of sp³-hybridized carbons (Fsp3) is 0.333. The first kappa shape index (κ1) is 6.32. The number of rotatable bonds is 2. The van der Waals surface area contributed by atoms with E-state index in [1.54, 1.807) is 12.3 Å². The third kappa shape index (κ3) is 1.12.